The third kappa shape index (κ3) is 2.52. The minimum absolute atomic E-state index is 0.0444. The molecule has 0 radical (unpaired) electrons. The molecule has 1 aliphatic rings. The zero-order valence-corrected chi connectivity index (χ0v) is 12.5. The van der Waals surface area contributed by atoms with Crippen molar-refractivity contribution in [2.24, 2.45) is 5.92 Å². The van der Waals surface area contributed by atoms with Gasteiger partial charge in [0, 0.05) is 17.7 Å². The van der Waals surface area contributed by atoms with Crippen molar-refractivity contribution in [2.75, 3.05) is 0 Å². The van der Waals surface area contributed by atoms with E-state index in [0.717, 1.165) is 28.4 Å². The van der Waals surface area contributed by atoms with Crippen LogP contribution < -0.4 is 0 Å². The van der Waals surface area contributed by atoms with Crippen LogP contribution >= 0.6 is 11.3 Å². The second-order valence-corrected chi connectivity index (χ2v) is 6.09. The van der Waals surface area contributed by atoms with Gasteiger partial charge in [-0.1, -0.05) is 13.0 Å². The van der Waals surface area contributed by atoms with Crippen molar-refractivity contribution >= 4 is 23.2 Å². The van der Waals surface area contributed by atoms with E-state index >= 15 is 0 Å². The van der Waals surface area contributed by atoms with Gasteiger partial charge in [0.15, 0.2) is 0 Å². The quantitative estimate of drug-likeness (QED) is 0.816. The molecule has 2 amide bonds. The van der Waals surface area contributed by atoms with Crippen LogP contribution in [0.2, 0.25) is 0 Å². The number of hydrogen-bond donors (Lipinski definition) is 0. The lowest BCUT2D eigenvalue weighted by Crippen LogP contribution is -2.29. The van der Waals surface area contributed by atoms with Crippen molar-refractivity contribution in [3.8, 4) is 11.3 Å². The zero-order valence-electron chi connectivity index (χ0n) is 11.7. The molecular weight excluding hydrogens is 310 g/mol. The van der Waals surface area contributed by atoms with Crippen LogP contribution in [-0.2, 0) is 16.1 Å². The highest BCUT2D eigenvalue weighted by Crippen LogP contribution is 2.29. The maximum Gasteiger partial charge on any atom is 0.232 e. The predicted octanol–water partition coefficient (Wildman–Crippen LogP) is 2.98. The Kier molecular flexibility index (Phi) is 3.74. The third-order valence-corrected chi connectivity index (χ3v) is 4.37. The standard InChI is InChI=1S/C15H12F2N2O2S/c1-8-5-13(20)19(15(8)21)6-12-18-11(7-22-12)14-9(16)3-2-4-10(14)17/h2-4,7-8H,5-6H2,1H3/t8-/m0/s1. The Labute approximate surface area is 129 Å². The number of rotatable bonds is 3. The number of hydrogen-bond acceptors (Lipinski definition) is 4. The topological polar surface area (TPSA) is 50.3 Å². The SMILES string of the molecule is C[C@H]1CC(=O)N(Cc2nc(-c3c(F)cccc3F)cs2)C1=O. The number of aromatic nitrogens is 1. The summed E-state index contributed by atoms with van der Waals surface area (Å²) in [5.41, 5.74) is -0.0276. The van der Waals surface area contributed by atoms with Crippen LogP contribution in [0, 0.1) is 17.6 Å². The van der Waals surface area contributed by atoms with Gasteiger partial charge in [-0.15, -0.1) is 11.3 Å². The molecule has 2 aromatic rings. The van der Waals surface area contributed by atoms with Crippen LogP contribution in [0.3, 0.4) is 0 Å². The highest BCUT2D eigenvalue weighted by molar-refractivity contribution is 7.09. The average molecular weight is 322 g/mol. The van der Waals surface area contributed by atoms with E-state index < -0.39 is 11.6 Å². The molecule has 0 bridgehead atoms. The molecule has 3 rings (SSSR count). The Morgan fingerprint density at radius 2 is 2.00 bits per heavy atom. The molecule has 114 valence electrons. The highest BCUT2D eigenvalue weighted by Gasteiger charge is 2.35. The molecular formula is C15H12F2N2O2S. The Morgan fingerprint density at radius 1 is 1.32 bits per heavy atom. The van der Waals surface area contributed by atoms with Crippen molar-refractivity contribution in [2.45, 2.75) is 19.9 Å². The Bertz CT molecular complexity index is 740. The molecule has 1 saturated heterocycles. The molecule has 0 N–H and O–H groups in total. The second kappa shape index (κ2) is 5.57. The number of amides is 2. The van der Waals surface area contributed by atoms with Gasteiger partial charge in [-0.3, -0.25) is 14.5 Å². The summed E-state index contributed by atoms with van der Waals surface area (Å²) in [4.78, 5) is 28.9. The largest absolute Gasteiger partial charge is 0.275 e. The first-order valence-corrected chi connectivity index (χ1v) is 7.58. The van der Waals surface area contributed by atoms with Crippen molar-refractivity contribution in [1.82, 2.24) is 9.88 Å². The highest BCUT2D eigenvalue weighted by atomic mass is 32.1. The molecule has 0 saturated carbocycles. The molecule has 2 heterocycles. The van der Waals surface area contributed by atoms with E-state index in [-0.39, 0.29) is 42.0 Å². The first-order valence-electron chi connectivity index (χ1n) is 6.70. The maximum atomic E-state index is 13.7. The summed E-state index contributed by atoms with van der Waals surface area (Å²) in [5.74, 6) is -2.20. The Hall–Kier alpha value is -2.15. The Balaban J connectivity index is 1.86. The summed E-state index contributed by atoms with van der Waals surface area (Å²) in [7, 11) is 0. The molecule has 1 fully saturated rings. The van der Waals surface area contributed by atoms with Gasteiger partial charge in [0.2, 0.25) is 11.8 Å². The first kappa shape index (κ1) is 14.8. The van der Waals surface area contributed by atoms with Gasteiger partial charge < -0.3 is 0 Å². The monoisotopic (exact) mass is 322 g/mol. The third-order valence-electron chi connectivity index (χ3n) is 3.53. The summed E-state index contributed by atoms with van der Waals surface area (Å²) < 4.78 is 27.5. The molecule has 4 nitrogen and oxygen atoms in total. The van der Waals surface area contributed by atoms with E-state index in [0.29, 0.717) is 5.01 Å². The van der Waals surface area contributed by atoms with E-state index in [2.05, 4.69) is 4.98 Å². The number of halogens is 2. The van der Waals surface area contributed by atoms with Crippen LogP contribution in [0.4, 0.5) is 8.78 Å². The zero-order chi connectivity index (χ0) is 15.9. The van der Waals surface area contributed by atoms with Crippen LogP contribution in [-0.4, -0.2) is 21.7 Å². The van der Waals surface area contributed by atoms with Crippen LogP contribution in [0.5, 0.6) is 0 Å². The smallest absolute Gasteiger partial charge is 0.232 e. The number of carbonyl (C=O) groups excluding carboxylic acids is 2. The van der Waals surface area contributed by atoms with E-state index in [1.54, 1.807) is 6.92 Å². The molecule has 1 aromatic carbocycles. The van der Waals surface area contributed by atoms with Gasteiger partial charge in [-0.05, 0) is 12.1 Å². The molecule has 1 aromatic heterocycles. The van der Waals surface area contributed by atoms with Crippen LogP contribution in [0.25, 0.3) is 11.3 Å². The fourth-order valence-electron chi connectivity index (χ4n) is 2.39. The summed E-state index contributed by atoms with van der Waals surface area (Å²) in [6, 6.07) is 3.60. The van der Waals surface area contributed by atoms with E-state index in [1.807, 2.05) is 0 Å². The van der Waals surface area contributed by atoms with Gasteiger partial charge >= 0.3 is 0 Å². The minimum atomic E-state index is -0.696. The number of benzene rings is 1. The molecule has 1 atom stereocenters. The summed E-state index contributed by atoms with van der Waals surface area (Å²) in [5, 5.41) is 1.99. The molecule has 0 spiro atoms. The fourth-order valence-corrected chi connectivity index (χ4v) is 3.16. The van der Waals surface area contributed by atoms with E-state index in [4.69, 9.17) is 0 Å². The number of nitrogens with zero attached hydrogens (tertiary/aromatic N) is 2. The normalized spacial score (nSPS) is 18.3. The van der Waals surface area contributed by atoms with Crippen LogP contribution in [0.15, 0.2) is 23.6 Å². The maximum absolute atomic E-state index is 13.7. The van der Waals surface area contributed by atoms with E-state index in [1.165, 1.54) is 11.4 Å². The number of thiazole rings is 1. The minimum Gasteiger partial charge on any atom is -0.275 e. The lowest BCUT2D eigenvalue weighted by Gasteiger charge is -2.11. The van der Waals surface area contributed by atoms with Gasteiger partial charge in [-0.25, -0.2) is 13.8 Å². The molecule has 7 heteroatoms. The average Bonchev–Trinajstić information content (AvgIpc) is 3.00. The van der Waals surface area contributed by atoms with Gasteiger partial charge in [0.05, 0.1) is 17.8 Å². The first-order chi connectivity index (χ1) is 10.5. The molecule has 1 aliphatic heterocycles. The van der Waals surface area contributed by atoms with Crippen molar-refractivity contribution in [1.29, 1.82) is 0 Å². The summed E-state index contributed by atoms with van der Waals surface area (Å²) in [6.07, 6.45) is 0.193. The lowest BCUT2D eigenvalue weighted by molar-refractivity contribution is -0.139. The van der Waals surface area contributed by atoms with Crippen LogP contribution in [0.1, 0.15) is 18.4 Å². The number of likely N-dealkylation sites (tertiary alicyclic amines) is 1. The van der Waals surface area contributed by atoms with Gasteiger partial charge in [0.1, 0.15) is 16.6 Å². The van der Waals surface area contributed by atoms with Crippen molar-refractivity contribution in [3.63, 3.8) is 0 Å². The fraction of sp³-hybridized carbons (Fsp3) is 0.267. The van der Waals surface area contributed by atoms with Gasteiger partial charge in [0.25, 0.3) is 0 Å². The van der Waals surface area contributed by atoms with Crippen molar-refractivity contribution < 1.29 is 18.4 Å². The predicted molar refractivity (Wildman–Crippen MR) is 76.8 cm³/mol. The van der Waals surface area contributed by atoms with Crippen molar-refractivity contribution in [3.05, 3.63) is 40.2 Å². The number of carbonyl (C=O) groups is 2. The molecule has 0 aliphatic carbocycles. The molecule has 0 unspecified atom stereocenters. The molecule has 22 heavy (non-hydrogen) atoms. The summed E-state index contributed by atoms with van der Waals surface area (Å²) in [6.45, 7) is 1.74. The number of imide groups is 1. The van der Waals surface area contributed by atoms with Gasteiger partial charge in [-0.2, -0.15) is 0 Å². The van der Waals surface area contributed by atoms with E-state index in [9.17, 15) is 18.4 Å². The summed E-state index contributed by atoms with van der Waals surface area (Å²) >= 11 is 1.16. The lowest BCUT2D eigenvalue weighted by atomic mass is 10.1. The Morgan fingerprint density at radius 3 is 2.59 bits per heavy atom. The second-order valence-electron chi connectivity index (χ2n) is 5.15.